The van der Waals surface area contributed by atoms with Crippen molar-refractivity contribution in [2.75, 3.05) is 17.2 Å². The second-order valence-corrected chi connectivity index (χ2v) is 8.19. The quantitative estimate of drug-likeness (QED) is 0.568. The van der Waals surface area contributed by atoms with Gasteiger partial charge in [-0.05, 0) is 43.2 Å². The molecule has 0 atom stereocenters. The van der Waals surface area contributed by atoms with Crippen molar-refractivity contribution in [1.29, 1.82) is 0 Å². The molecule has 0 fully saturated rings. The van der Waals surface area contributed by atoms with Crippen LogP contribution in [0.3, 0.4) is 0 Å². The molecule has 0 spiro atoms. The fourth-order valence-corrected chi connectivity index (χ4v) is 3.73. The van der Waals surface area contributed by atoms with Gasteiger partial charge >= 0.3 is 0 Å². The molecular formula is C20H20BrN3OS. The second-order valence-electron chi connectivity index (χ2n) is 6.16. The van der Waals surface area contributed by atoms with Crippen molar-refractivity contribution >= 4 is 44.0 Å². The molecule has 0 unspecified atom stereocenters. The van der Waals surface area contributed by atoms with Gasteiger partial charge in [0, 0.05) is 27.7 Å². The number of anilines is 2. The van der Waals surface area contributed by atoms with Crippen LogP contribution >= 0.6 is 27.3 Å². The van der Waals surface area contributed by atoms with Crippen LogP contribution in [0.5, 0.6) is 0 Å². The molecular weight excluding hydrogens is 410 g/mol. The topological polar surface area (TPSA) is 54.0 Å². The number of amides is 1. The maximum absolute atomic E-state index is 12.2. The number of nitrogens with zero attached hydrogens (tertiary/aromatic N) is 1. The van der Waals surface area contributed by atoms with E-state index in [9.17, 15) is 4.79 Å². The van der Waals surface area contributed by atoms with E-state index in [0.29, 0.717) is 5.13 Å². The number of aryl methyl sites for hydroxylation is 2. The first-order chi connectivity index (χ1) is 12.5. The van der Waals surface area contributed by atoms with Crippen molar-refractivity contribution in [3.05, 3.63) is 74.7 Å². The van der Waals surface area contributed by atoms with Crippen LogP contribution in [0.4, 0.5) is 10.8 Å². The van der Waals surface area contributed by atoms with Crippen LogP contribution in [0, 0.1) is 13.8 Å². The minimum Gasteiger partial charge on any atom is -0.376 e. The van der Waals surface area contributed by atoms with Gasteiger partial charge in [0.25, 0.3) is 0 Å². The molecule has 6 heteroatoms. The fourth-order valence-electron chi connectivity index (χ4n) is 2.60. The lowest BCUT2D eigenvalue weighted by Crippen LogP contribution is -2.21. The summed E-state index contributed by atoms with van der Waals surface area (Å²) >= 11 is 4.94. The number of thiazole rings is 1. The number of hydrogen-bond acceptors (Lipinski definition) is 4. The summed E-state index contributed by atoms with van der Waals surface area (Å²) in [6.07, 6.45) is 2.63. The predicted octanol–water partition coefficient (Wildman–Crippen LogP) is 5.16. The Morgan fingerprint density at radius 3 is 2.65 bits per heavy atom. The Bertz CT molecular complexity index is 906. The Kier molecular flexibility index (Phi) is 6.06. The normalized spacial score (nSPS) is 10.6. The minimum absolute atomic E-state index is 0.102. The number of nitrogens with one attached hydrogen (secondary N) is 2. The number of carbonyl (C=O) groups excluding carboxylic acids is 1. The van der Waals surface area contributed by atoms with Crippen LogP contribution in [0.2, 0.25) is 0 Å². The number of hydrogen-bond donors (Lipinski definition) is 2. The molecule has 4 nitrogen and oxygen atoms in total. The van der Waals surface area contributed by atoms with E-state index in [-0.39, 0.29) is 12.5 Å². The van der Waals surface area contributed by atoms with E-state index in [2.05, 4.69) is 56.7 Å². The van der Waals surface area contributed by atoms with Gasteiger partial charge in [-0.25, -0.2) is 4.98 Å². The van der Waals surface area contributed by atoms with Gasteiger partial charge in [-0.15, -0.1) is 11.3 Å². The number of benzene rings is 2. The van der Waals surface area contributed by atoms with Crippen LogP contribution < -0.4 is 10.6 Å². The van der Waals surface area contributed by atoms with E-state index in [1.807, 2.05) is 37.4 Å². The monoisotopic (exact) mass is 429 g/mol. The van der Waals surface area contributed by atoms with Gasteiger partial charge in [-0.2, -0.15) is 0 Å². The van der Waals surface area contributed by atoms with E-state index < -0.39 is 0 Å². The number of carbonyl (C=O) groups is 1. The molecule has 2 aromatic carbocycles. The lowest BCUT2D eigenvalue weighted by atomic mass is 10.1. The summed E-state index contributed by atoms with van der Waals surface area (Å²) in [4.78, 5) is 17.6. The summed E-state index contributed by atoms with van der Waals surface area (Å²) in [7, 11) is 0. The van der Waals surface area contributed by atoms with Gasteiger partial charge in [-0.3, -0.25) is 4.79 Å². The molecule has 0 bridgehead atoms. The summed E-state index contributed by atoms with van der Waals surface area (Å²) in [6.45, 7) is 4.30. The Balaban J connectivity index is 1.53. The first-order valence-corrected chi connectivity index (χ1v) is 9.90. The highest BCUT2D eigenvalue weighted by Crippen LogP contribution is 2.22. The van der Waals surface area contributed by atoms with Crippen LogP contribution in [-0.2, 0) is 11.2 Å². The zero-order chi connectivity index (χ0) is 18.5. The van der Waals surface area contributed by atoms with Gasteiger partial charge in [0.15, 0.2) is 5.13 Å². The molecule has 3 rings (SSSR count). The van der Waals surface area contributed by atoms with E-state index in [4.69, 9.17) is 0 Å². The van der Waals surface area contributed by atoms with Gasteiger partial charge in [-0.1, -0.05) is 45.8 Å². The molecule has 1 aromatic heterocycles. The van der Waals surface area contributed by atoms with Crippen molar-refractivity contribution < 1.29 is 4.79 Å². The van der Waals surface area contributed by atoms with Crippen LogP contribution in [0.1, 0.15) is 21.6 Å². The Morgan fingerprint density at radius 1 is 1.15 bits per heavy atom. The summed E-state index contributed by atoms with van der Waals surface area (Å²) in [5, 5.41) is 6.66. The van der Waals surface area contributed by atoms with Crippen molar-refractivity contribution in [1.82, 2.24) is 4.98 Å². The first-order valence-electron chi connectivity index (χ1n) is 8.30. The summed E-state index contributed by atoms with van der Waals surface area (Å²) in [5.41, 5.74) is 4.52. The molecule has 26 heavy (non-hydrogen) atoms. The first kappa shape index (κ1) is 18.6. The summed E-state index contributed by atoms with van der Waals surface area (Å²) in [6, 6.07) is 14.3. The van der Waals surface area contributed by atoms with Crippen molar-refractivity contribution in [3.8, 4) is 0 Å². The Labute approximate surface area is 165 Å². The van der Waals surface area contributed by atoms with Gasteiger partial charge in [0.2, 0.25) is 5.91 Å². The fraction of sp³-hybridized carbons (Fsp3) is 0.200. The van der Waals surface area contributed by atoms with Crippen molar-refractivity contribution in [2.45, 2.75) is 20.3 Å². The van der Waals surface area contributed by atoms with Crippen molar-refractivity contribution in [3.63, 3.8) is 0 Å². The zero-order valence-corrected chi connectivity index (χ0v) is 17.1. The summed E-state index contributed by atoms with van der Waals surface area (Å²) < 4.78 is 1.06. The standard InChI is InChI=1S/C20H20BrN3OS/c1-13-3-8-18(14(2)9-13)22-12-19(25)24-20-23-11-17(26-20)10-15-4-6-16(21)7-5-15/h3-9,11,22H,10,12H2,1-2H3,(H,23,24,25). The maximum atomic E-state index is 12.2. The third kappa shape index (κ3) is 5.16. The molecule has 2 N–H and O–H groups in total. The molecule has 0 aliphatic heterocycles. The molecule has 0 aliphatic carbocycles. The number of halogens is 1. The van der Waals surface area contributed by atoms with Gasteiger partial charge < -0.3 is 10.6 Å². The second kappa shape index (κ2) is 8.47. The molecule has 0 radical (unpaired) electrons. The van der Waals surface area contributed by atoms with Crippen LogP contribution in [0.15, 0.2) is 53.1 Å². The van der Waals surface area contributed by atoms with E-state index >= 15 is 0 Å². The molecule has 1 amide bonds. The molecule has 134 valence electrons. The maximum Gasteiger partial charge on any atom is 0.245 e. The summed E-state index contributed by atoms with van der Waals surface area (Å²) in [5.74, 6) is -0.102. The average Bonchev–Trinajstić information content (AvgIpc) is 3.03. The lowest BCUT2D eigenvalue weighted by Gasteiger charge is -2.09. The molecule has 0 aliphatic rings. The lowest BCUT2D eigenvalue weighted by molar-refractivity contribution is -0.114. The smallest absolute Gasteiger partial charge is 0.245 e. The Hall–Kier alpha value is -2.18. The van der Waals surface area contributed by atoms with E-state index in [1.165, 1.54) is 22.5 Å². The largest absolute Gasteiger partial charge is 0.376 e. The highest BCUT2D eigenvalue weighted by atomic mass is 79.9. The van der Waals surface area contributed by atoms with Gasteiger partial charge in [0.1, 0.15) is 0 Å². The number of rotatable bonds is 6. The molecule has 1 heterocycles. The third-order valence-corrected chi connectivity index (χ3v) is 5.35. The molecule has 3 aromatic rings. The SMILES string of the molecule is Cc1ccc(NCC(=O)Nc2ncc(Cc3ccc(Br)cc3)s2)c(C)c1. The van der Waals surface area contributed by atoms with E-state index in [1.54, 1.807) is 0 Å². The average molecular weight is 430 g/mol. The molecule has 0 saturated carbocycles. The van der Waals surface area contributed by atoms with Crippen LogP contribution in [0.25, 0.3) is 0 Å². The van der Waals surface area contributed by atoms with E-state index in [0.717, 1.165) is 27.0 Å². The zero-order valence-electron chi connectivity index (χ0n) is 14.7. The van der Waals surface area contributed by atoms with Gasteiger partial charge in [0.05, 0.1) is 6.54 Å². The molecule has 0 saturated heterocycles. The Morgan fingerprint density at radius 2 is 1.92 bits per heavy atom. The third-order valence-electron chi connectivity index (χ3n) is 3.91. The predicted molar refractivity (Wildman–Crippen MR) is 112 cm³/mol. The highest BCUT2D eigenvalue weighted by Gasteiger charge is 2.08. The highest BCUT2D eigenvalue weighted by molar-refractivity contribution is 9.10. The number of aromatic nitrogens is 1. The van der Waals surface area contributed by atoms with Crippen LogP contribution in [-0.4, -0.2) is 17.4 Å². The minimum atomic E-state index is -0.102. The van der Waals surface area contributed by atoms with Crippen molar-refractivity contribution in [2.24, 2.45) is 0 Å².